The van der Waals surface area contributed by atoms with E-state index in [-0.39, 0.29) is 5.82 Å². The van der Waals surface area contributed by atoms with Crippen molar-refractivity contribution in [3.05, 3.63) is 53.8 Å². The number of methoxy groups -OCH3 is 1. The van der Waals surface area contributed by atoms with Gasteiger partial charge in [0.05, 0.1) is 13.2 Å². The molecule has 0 aliphatic heterocycles. The summed E-state index contributed by atoms with van der Waals surface area (Å²) in [7, 11) is 1.57. The number of aliphatic hydroxyl groups excluding tert-OH is 1. The quantitative estimate of drug-likeness (QED) is 0.915. The van der Waals surface area contributed by atoms with Gasteiger partial charge in [0.15, 0.2) is 0 Å². The molecule has 1 N–H and O–H groups in total. The van der Waals surface area contributed by atoms with Crippen LogP contribution in [0.3, 0.4) is 0 Å². The molecule has 1 atom stereocenters. The molecule has 0 aromatic heterocycles. The first kappa shape index (κ1) is 13.9. The van der Waals surface area contributed by atoms with Crippen LogP contribution in [0.25, 0.3) is 0 Å². The Morgan fingerprint density at radius 3 is 2.58 bits per heavy atom. The van der Waals surface area contributed by atoms with Crippen molar-refractivity contribution in [2.45, 2.75) is 22.8 Å². The molecule has 2 aromatic carbocycles. The fourth-order valence-electron chi connectivity index (χ4n) is 1.86. The summed E-state index contributed by atoms with van der Waals surface area (Å²) in [5.41, 5.74) is 0.722. The van der Waals surface area contributed by atoms with Gasteiger partial charge in [-0.2, -0.15) is 0 Å². The molecule has 19 heavy (non-hydrogen) atoms. The second kappa shape index (κ2) is 6.08. The maximum atomic E-state index is 13.2. The van der Waals surface area contributed by atoms with E-state index in [1.54, 1.807) is 26.2 Å². The number of hydrogen-bond donors (Lipinski definition) is 1. The van der Waals surface area contributed by atoms with Crippen LogP contribution in [0.5, 0.6) is 5.75 Å². The minimum absolute atomic E-state index is 0.272. The second-order valence-electron chi connectivity index (χ2n) is 4.11. The van der Waals surface area contributed by atoms with Crippen molar-refractivity contribution >= 4 is 11.8 Å². The summed E-state index contributed by atoms with van der Waals surface area (Å²) in [4.78, 5) is 1.65. The van der Waals surface area contributed by atoms with Gasteiger partial charge in [0, 0.05) is 15.4 Å². The lowest BCUT2D eigenvalue weighted by Crippen LogP contribution is -1.98. The van der Waals surface area contributed by atoms with Crippen molar-refractivity contribution in [1.29, 1.82) is 0 Å². The number of rotatable bonds is 4. The van der Waals surface area contributed by atoms with Crippen molar-refractivity contribution in [3.8, 4) is 5.75 Å². The number of benzene rings is 2. The van der Waals surface area contributed by atoms with Crippen LogP contribution in [0.4, 0.5) is 4.39 Å². The van der Waals surface area contributed by atoms with Crippen molar-refractivity contribution in [2.75, 3.05) is 7.11 Å². The van der Waals surface area contributed by atoms with Gasteiger partial charge >= 0.3 is 0 Å². The van der Waals surface area contributed by atoms with E-state index in [1.165, 1.54) is 23.9 Å². The van der Waals surface area contributed by atoms with Crippen molar-refractivity contribution in [3.63, 3.8) is 0 Å². The molecule has 0 spiro atoms. The average Bonchev–Trinajstić information content (AvgIpc) is 2.38. The Bertz CT molecular complexity index is 570. The molecule has 0 saturated carbocycles. The van der Waals surface area contributed by atoms with E-state index in [4.69, 9.17) is 4.74 Å². The van der Waals surface area contributed by atoms with E-state index in [0.717, 1.165) is 15.4 Å². The molecule has 0 radical (unpaired) electrons. The zero-order valence-electron chi connectivity index (χ0n) is 10.8. The standard InChI is InChI=1S/C15H15FO2S/c1-10(17)15-13(18-2)7-4-8-14(15)19-12-6-3-5-11(16)9-12/h3-10,17H,1-2H3/t10-/m0/s1. The monoisotopic (exact) mass is 278 g/mol. The molecule has 2 aromatic rings. The lowest BCUT2D eigenvalue weighted by molar-refractivity contribution is 0.191. The lowest BCUT2D eigenvalue weighted by atomic mass is 10.1. The summed E-state index contributed by atoms with van der Waals surface area (Å²) in [6.45, 7) is 1.69. The number of ether oxygens (including phenoxy) is 1. The molecule has 2 rings (SSSR count). The molecule has 0 heterocycles. The second-order valence-corrected chi connectivity index (χ2v) is 5.22. The van der Waals surface area contributed by atoms with Gasteiger partial charge in [0.25, 0.3) is 0 Å². The molecule has 0 aliphatic rings. The Morgan fingerprint density at radius 1 is 1.21 bits per heavy atom. The van der Waals surface area contributed by atoms with Gasteiger partial charge in [-0.1, -0.05) is 23.9 Å². The molecule has 0 aliphatic carbocycles. The van der Waals surface area contributed by atoms with Crippen LogP contribution in [0.2, 0.25) is 0 Å². The largest absolute Gasteiger partial charge is 0.496 e. The van der Waals surface area contributed by atoms with Crippen LogP contribution >= 0.6 is 11.8 Å². The van der Waals surface area contributed by atoms with Crippen LogP contribution in [0.15, 0.2) is 52.3 Å². The summed E-state index contributed by atoms with van der Waals surface area (Å²) < 4.78 is 18.4. The van der Waals surface area contributed by atoms with E-state index < -0.39 is 6.10 Å². The van der Waals surface area contributed by atoms with Gasteiger partial charge in [0.2, 0.25) is 0 Å². The molecule has 0 unspecified atom stereocenters. The highest BCUT2D eigenvalue weighted by Gasteiger charge is 2.15. The Hall–Kier alpha value is -1.52. The van der Waals surface area contributed by atoms with E-state index >= 15 is 0 Å². The first-order valence-corrected chi connectivity index (χ1v) is 6.72. The highest BCUT2D eigenvalue weighted by atomic mass is 32.2. The average molecular weight is 278 g/mol. The maximum absolute atomic E-state index is 13.2. The van der Waals surface area contributed by atoms with Crippen LogP contribution < -0.4 is 4.74 Å². The summed E-state index contributed by atoms with van der Waals surface area (Å²) >= 11 is 1.41. The molecule has 0 bridgehead atoms. The highest BCUT2D eigenvalue weighted by molar-refractivity contribution is 7.99. The van der Waals surface area contributed by atoms with Gasteiger partial charge < -0.3 is 9.84 Å². The topological polar surface area (TPSA) is 29.5 Å². The Labute approximate surface area is 116 Å². The minimum atomic E-state index is -0.646. The normalized spacial score (nSPS) is 12.2. The minimum Gasteiger partial charge on any atom is -0.496 e. The molecule has 100 valence electrons. The van der Waals surface area contributed by atoms with E-state index in [9.17, 15) is 9.50 Å². The summed E-state index contributed by atoms with van der Waals surface area (Å²) in [5.74, 6) is 0.364. The number of hydrogen-bond acceptors (Lipinski definition) is 3. The Balaban J connectivity index is 2.39. The fourth-order valence-corrected chi connectivity index (χ4v) is 2.96. The lowest BCUT2D eigenvalue weighted by Gasteiger charge is -2.15. The van der Waals surface area contributed by atoms with Crippen LogP contribution in [0.1, 0.15) is 18.6 Å². The Kier molecular flexibility index (Phi) is 4.45. The molecular weight excluding hydrogens is 263 g/mol. The molecule has 0 saturated heterocycles. The summed E-state index contributed by atoms with van der Waals surface area (Å²) in [6.07, 6.45) is -0.646. The van der Waals surface area contributed by atoms with E-state index in [0.29, 0.717) is 5.75 Å². The third-order valence-electron chi connectivity index (χ3n) is 2.69. The van der Waals surface area contributed by atoms with Crippen LogP contribution in [0, 0.1) is 5.82 Å². The third-order valence-corrected chi connectivity index (χ3v) is 3.75. The predicted octanol–water partition coefficient (Wildman–Crippen LogP) is 4.04. The van der Waals surface area contributed by atoms with E-state index in [1.807, 2.05) is 18.2 Å². The third kappa shape index (κ3) is 3.28. The van der Waals surface area contributed by atoms with Crippen molar-refractivity contribution < 1.29 is 14.2 Å². The van der Waals surface area contributed by atoms with E-state index in [2.05, 4.69) is 0 Å². The predicted molar refractivity (Wildman–Crippen MR) is 74.2 cm³/mol. The van der Waals surface area contributed by atoms with Gasteiger partial charge in [-0.05, 0) is 37.3 Å². The maximum Gasteiger partial charge on any atom is 0.125 e. The zero-order chi connectivity index (χ0) is 13.8. The number of aliphatic hydroxyl groups is 1. The molecule has 4 heteroatoms. The molecule has 0 fully saturated rings. The first-order valence-electron chi connectivity index (χ1n) is 5.90. The smallest absolute Gasteiger partial charge is 0.125 e. The van der Waals surface area contributed by atoms with Gasteiger partial charge in [-0.3, -0.25) is 0 Å². The molecular formula is C15H15FO2S. The Morgan fingerprint density at radius 2 is 1.95 bits per heavy atom. The first-order chi connectivity index (χ1) is 9.11. The zero-order valence-corrected chi connectivity index (χ0v) is 11.6. The van der Waals surface area contributed by atoms with Crippen LogP contribution in [-0.4, -0.2) is 12.2 Å². The van der Waals surface area contributed by atoms with Crippen LogP contribution in [-0.2, 0) is 0 Å². The van der Waals surface area contributed by atoms with Crippen molar-refractivity contribution in [2.24, 2.45) is 0 Å². The van der Waals surface area contributed by atoms with Gasteiger partial charge in [0.1, 0.15) is 11.6 Å². The summed E-state index contributed by atoms with van der Waals surface area (Å²) in [6, 6.07) is 11.9. The molecule has 0 amide bonds. The summed E-state index contributed by atoms with van der Waals surface area (Å²) in [5, 5.41) is 9.88. The molecule has 2 nitrogen and oxygen atoms in total. The fraction of sp³-hybridized carbons (Fsp3) is 0.200. The van der Waals surface area contributed by atoms with Crippen molar-refractivity contribution in [1.82, 2.24) is 0 Å². The van der Waals surface area contributed by atoms with Gasteiger partial charge in [-0.25, -0.2) is 4.39 Å². The number of halogens is 1. The SMILES string of the molecule is COc1cccc(Sc2cccc(F)c2)c1[C@H](C)O. The highest BCUT2D eigenvalue weighted by Crippen LogP contribution is 2.38. The van der Waals surface area contributed by atoms with Gasteiger partial charge in [-0.15, -0.1) is 0 Å².